The summed E-state index contributed by atoms with van der Waals surface area (Å²) in [5, 5.41) is 22.1. The number of esters is 1. The second kappa shape index (κ2) is 8.79. The van der Waals surface area contributed by atoms with Crippen LogP contribution in [0.25, 0.3) is 0 Å². The Bertz CT molecular complexity index is 875. The fraction of sp³-hybridized carbons (Fsp3) is 0.118. The Balaban J connectivity index is 1.81. The molecule has 0 atom stereocenters. The van der Waals surface area contributed by atoms with E-state index in [0.29, 0.717) is 11.3 Å². The quantitative estimate of drug-likeness (QED) is 0.456. The number of ether oxygens (including phenoxy) is 2. The molecule has 0 bridgehead atoms. The van der Waals surface area contributed by atoms with Crippen LogP contribution in [-0.4, -0.2) is 30.0 Å². The summed E-state index contributed by atoms with van der Waals surface area (Å²) in [5.74, 6) is -1.53. The fourth-order valence-electron chi connectivity index (χ4n) is 1.92. The second-order valence-corrected chi connectivity index (χ2v) is 4.91. The number of rotatable bonds is 7. The molecule has 26 heavy (non-hydrogen) atoms. The number of nitro benzene ring substituents is 1. The molecule has 0 aliphatic heterocycles. The maximum absolute atomic E-state index is 11.7. The van der Waals surface area contributed by atoms with Crippen LogP contribution < -0.4 is 10.1 Å². The van der Waals surface area contributed by atoms with Gasteiger partial charge in [0.1, 0.15) is 0 Å². The zero-order valence-electron chi connectivity index (χ0n) is 13.4. The molecular weight excluding hydrogens is 342 g/mol. The molecule has 0 aromatic heterocycles. The minimum absolute atomic E-state index is 0.0766. The standard InChI is InChI=1S/C17H13N3O6/c18-9-12-4-3-5-13(8-12)19-16(21)10-26-17(22)11-25-15-7-2-1-6-14(15)20(23)24/h1-8H,10-11H2,(H,19,21). The minimum Gasteiger partial charge on any atom is -0.475 e. The van der Waals surface area contributed by atoms with Crippen molar-refractivity contribution in [1.29, 1.82) is 5.26 Å². The zero-order chi connectivity index (χ0) is 18.9. The van der Waals surface area contributed by atoms with Gasteiger partial charge in [0.25, 0.3) is 5.91 Å². The lowest BCUT2D eigenvalue weighted by Gasteiger charge is -2.08. The van der Waals surface area contributed by atoms with E-state index in [2.05, 4.69) is 5.32 Å². The number of hydrogen-bond donors (Lipinski definition) is 1. The Morgan fingerprint density at radius 2 is 1.92 bits per heavy atom. The molecule has 0 heterocycles. The zero-order valence-corrected chi connectivity index (χ0v) is 13.4. The topological polar surface area (TPSA) is 132 Å². The Kier molecular flexibility index (Phi) is 6.23. The number of nitro groups is 1. The largest absolute Gasteiger partial charge is 0.475 e. The average molecular weight is 355 g/mol. The van der Waals surface area contributed by atoms with Crippen molar-refractivity contribution in [3.8, 4) is 11.8 Å². The van der Waals surface area contributed by atoms with Crippen molar-refractivity contribution < 1.29 is 24.0 Å². The molecule has 0 radical (unpaired) electrons. The number of nitrogens with zero attached hydrogens (tertiary/aromatic N) is 2. The monoisotopic (exact) mass is 355 g/mol. The third kappa shape index (κ3) is 5.31. The van der Waals surface area contributed by atoms with Crippen molar-refractivity contribution in [2.45, 2.75) is 0 Å². The van der Waals surface area contributed by atoms with Gasteiger partial charge in [0.15, 0.2) is 19.0 Å². The summed E-state index contributed by atoms with van der Waals surface area (Å²) < 4.78 is 9.80. The van der Waals surface area contributed by atoms with E-state index < -0.39 is 30.0 Å². The predicted octanol–water partition coefficient (Wildman–Crippen LogP) is 2.03. The summed E-state index contributed by atoms with van der Waals surface area (Å²) in [5.41, 5.74) is 0.481. The van der Waals surface area contributed by atoms with Gasteiger partial charge < -0.3 is 14.8 Å². The van der Waals surface area contributed by atoms with E-state index in [-0.39, 0.29) is 11.4 Å². The van der Waals surface area contributed by atoms with Gasteiger partial charge in [-0.05, 0) is 24.3 Å². The first kappa shape index (κ1) is 18.4. The summed E-state index contributed by atoms with van der Waals surface area (Å²) in [6, 6.07) is 13.7. The third-order valence-corrected chi connectivity index (χ3v) is 3.05. The number of anilines is 1. The van der Waals surface area contributed by atoms with Gasteiger partial charge in [0.05, 0.1) is 16.6 Å². The van der Waals surface area contributed by atoms with Crippen LogP contribution in [0, 0.1) is 21.4 Å². The van der Waals surface area contributed by atoms with Crippen LogP contribution in [-0.2, 0) is 14.3 Å². The second-order valence-electron chi connectivity index (χ2n) is 4.91. The first-order valence-corrected chi connectivity index (χ1v) is 7.31. The van der Waals surface area contributed by atoms with Crippen LogP contribution in [0.1, 0.15) is 5.56 Å². The van der Waals surface area contributed by atoms with Gasteiger partial charge in [0.2, 0.25) is 0 Å². The van der Waals surface area contributed by atoms with E-state index in [1.165, 1.54) is 30.3 Å². The van der Waals surface area contributed by atoms with Crippen molar-refractivity contribution in [2.75, 3.05) is 18.5 Å². The number of para-hydroxylation sites is 2. The molecule has 0 aliphatic rings. The molecule has 2 aromatic carbocycles. The Hall–Kier alpha value is -3.93. The van der Waals surface area contributed by atoms with Crippen molar-refractivity contribution in [3.05, 3.63) is 64.2 Å². The molecule has 1 amide bonds. The van der Waals surface area contributed by atoms with Crippen molar-refractivity contribution in [1.82, 2.24) is 0 Å². The van der Waals surface area contributed by atoms with Gasteiger partial charge in [-0.25, -0.2) is 4.79 Å². The summed E-state index contributed by atoms with van der Waals surface area (Å²) in [4.78, 5) is 33.5. The summed E-state index contributed by atoms with van der Waals surface area (Å²) in [7, 11) is 0. The Labute approximate surface area is 147 Å². The lowest BCUT2D eigenvalue weighted by atomic mass is 10.2. The van der Waals surface area contributed by atoms with Gasteiger partial charge in [-0.1, -0.05) is 18.2 Å². The van der Waals surface area contributed by atoms with E-state index in [0.717, 1.165) is 0 Å². The number of nitriles is 1. The smallest absolute Gasteiger partial charge is 0.344 e. The average Bonchev–Trinajstić information content (AvgIpc) is 2.65. The Morgan fingerprint density at radius 3 is 2.65 bits per heavy atom. The van der Waals surface area contributed by atoms with Crippen LogP contribution in [0.3, 0.4) is 0 Å². The van der Waals surface area contributed by atoms with Crippen molar-refractivity contribution in [2.24, 2.45) is 0 Å². The molecule has 2 rings (SSSR count). The summed E-state index contributed by atoms with van der Waals surface area (Å²) >= 11 is 0. The molecule has 0 saturated carbocycles. The van der Waals surface area contributed by atoms with Gasteiger partial charge in [-0.15, -0.1) is 0 Å². The highest BCUT2D eigenvalue weighted by Crippen LogP contribution is 2.25. The van der Waals surface area contributed by atoms with E-state index >= 15 is 0 Å². The summed E-state index contributed by atoms with van der Waals surface area (Å²) in [6.45, 7) is -1.14. The highest BCUT2D eigenvalue weighted by Gasteiger charge is 2.16. The van der Waals surface area contributed by atoms with Crippen molar-refractivity contribution in [3.63, 3.8) is 0 Å². The van der Waals surface area contributed by atoms with E-state index in [9.17, 15) is 19.7 Å². The molecule has 0 unspecified atom stereocenters. The third-order valence-electron chi connectivity index (χ3n) is 3.05. The highest BCUT2D eigenvalue weighted by molar-refractivity contribution is 5.93. The van der Waals surface area contributed by atoms with Gasteiger partial charge in [-0.3, -0.25) is 14.9 Å². The maximum Gasteiger partial charge on any atom is 0.344 e. The molecule has 2 aromatic rings. The van der Waals surface area contributed by atoms with Crippen molar-refractivity contribution >= 4 is 23.3 Å². The first-order chi connectivity index (χ1) is 12.5. The van der Waals surface area contributed by atoms with Crippen LogP contribution in [0.5, 0.6) is 5.75 Å². The van der Waals surface area contributed by atoms with Gasteiger partial charge in [0, 0.05) is 11.8 Å². The predicted molar refractivity (Wildman–Crippen MR) is 89.3 cm³/mol. The molecule has 9 heteroatoms. The van der Waals surface area contributed by atoms with E-state index in [1.54, 1.807) is 18.2 Å². The minimum atomic E-state index is -0.857. The lowest BCUT2D eigenvalue weighted by Crippen LogP contribution is -2.23. The van der Waals surface area contributed by atoms with Crippen LogP contribution >= 0.6 is 0 Å². The Morgan fingerprint density at radius 1 is 1.15 bits per heavy atom. The molecule has 0 fully saturated rings. The molecule has 132 valence electrons. The maximum atomic E-state index is 11.7. The number of carbonyl (C=O) groups is 2. The molecule has 1 N–H and O–H groups in total. The van der Waals surface area contributed by atoms with E-state index in [1.807, 2.05) is 6.07 Å². The lowest BCUT2D eigenvalue weighted by molar-refractivity contribution is -0.385. The van der Waals surface area contributed by atoms with Gasteiger partial charge in [-0.2, -0.15) is 5.26 Å². The number of amides is 1. The fourth-order valence-corrected chi connectivity index (χ4v) is 1.92. The van der Waals surface area contributed by atoms with Crippen LogP contribution in [0.4, 0.5) is 11.4 Å². The van der Waals surface area contributed by atoms with Gasteiger partial charge >= 0.3 is 11.7 Å². The number of benzene rings is 2. The van der Waals surface area contributed by atoms with Crippen LogP contribution in [0.2, 0.25) is 0 Å². The summed E-state index contributed by atoms with van der Waals surface area (Å²) in [6.07, 6.45) is 0. The number of hydrogen-bond acceptors (Lipinski definition) is 7. The van der Waals surface area contributed by atoms with Crippen LogP contribution in [0.15, 0.2) is 48.5 Å². The number of nitrogens with one attached hydrogen (secondary N) is 1. The first-order valence-electron chi connectivity index (χ1n) is 7.31. The molecule has 0 spiro atoms. The molecular formula is C17H13N3O6. The molecule has 9 nitrogen and oxygen atoms in total. The normalized spacial score (nSPS) is 9.65. The SMILES string of the molecule is N#Cc1cccc(NC(=O)COC(=O)COc2ccccc2[N+](=O)[O-])c1. The highest BCUT2D eigenvalue weighted by atomic mass is 16.6. The number of carbonyl (C=O) groups excluding carboxylic acids is 2. The van der Waals surface area contributed by atoms with E-state index in [4.69, 9.17) is 14.7 Å². The molecule has 0 saturated heterocycles. The molecule has 0 aliphatic carbocycles.